The predicted molar refractivity (Wildman–Crippen MR) is 59.3 cm³/mol. The molecule has 1 saturated carbocycles. The molecule has 0 aromatic carbocycles. The molecule has 0 bridgehead atoms. The Morgan fingerprint density at radius 2 is 2.15 bits per heavy atom. The van der Waals surface area contributed by atoms with E-state index in [1.54, 1.807) is 0 Å². The first kappa shape index (κ1) is 11.1. The van der Waals surface area contributed by atoms with E-state index in [1.807, 2.05) is 6.08 Å². The lowest BCUT2D eigenvalue weighted by atomic mass is 9.67. The molecule has 0 aliphatic heterocycles. The summed E-state index contributed by atoms with van der Waals surface area (Å²) in [5.41, 5.74) is 0.634. The van der Waals surface area contributed by atoms with E-state index < -0.39 is 0 Å². The van der Waals surface area contributed by atoms with Crippen LogP contribution in [0, 0.1) is 5.41 Å². The fourth-order valence-electron chi connectivity index (χ4n) is 1.90. The molecule has 0 aromatic heterocycles. The van der Waals surface area contributed by atoms with Gasteiger partial charge < -0.3 is 5.32 Å². The van der Waals surface area contributed by atoms with Crippen LogP contribution in [0.2, 0.25) is 0 Å². The van der Waals surface area contributed by atoms with Gasteiger partial charge in [0.25, 0.3) is 0 Å². The Balaban J connectivity index is 2.07. The molecule has 0 amide bonds. The zero-order valence-electron chi connectivity index (χ0n) is 8.48. The third kappa shape index (κ3) is 3.32. The SMILES string of the molecule is CCC1(CNC/C=C/CCl)CCC1. The van der Waals surface area contributed by atoms with Crippen molar-refractivity contribution in [1.29, 1.82) is 0 Å². The van der Waals surface area contributed by atoms with Crippen LogP contribution in [0.1, 0.15) is 32.6 Å². The van der Waals surface area contributed by atoms with Gasteiger partial charge in [0.2, 0.25) is 0 Å². The average Bonchev–Trinajstić information content (AvgIpc) is 2.09. The largest absolute Gasteiger partial charge is 0.313 e. The van der Waals surface area contributed by atoms with E-state index in [-0.39, 0.29) is 0 Å². The van der Waals surface area contributed by atoms with Gasteiger partial charge in [0.05, 0.1) is 0 Å². The molecule has 0 atom stereocenters. The molecule has 1 N–H and O–H groups in total. The second-order valence-corrected chi connectivity index (χ2v) is 4.27. The van der Waals surface area contributed by atoms with E-state index in [0.717, 1.165) is 6.54 Å². The molecule has 1 fully saturated rings. The van der Waals surface area contributed by atoms with Gasteiger partial charge in [0.15, 0.2) is 0 Å². The quantitative estimate of drug-likeness (QED) is 0.396. The Kier molecular flexibility index (Phi) is 4.82. The van der Waals surface area contributed by atoms with Crippen LogP contribution in [0.25, 0.3) is 0 Å². The van der Waals surface area contributed by atoms with E-state index in [0.29, 0.717) is 11.3 Å². The zero-order valence-corrected chi connectivity index (χ0v) is 9.24. The number of halogens is 1. The molecule has 0 radical (unpaired) electrons. The van der Waals surface area contributed by atoms with Crippen molar-refractivity contribution in [3.8, 4) is 0 Å². The van der Waals surface area contributed by atoms with Crippen LogP contribution in [-0.4, -0.2) is 19.0 Å². The van der Waals surface area contributed by atoms with Gasteiger partial charge in [0, 0.05) is 19.0 Å². The van der Waals surface area contributed by atoms with Gasteiger partial charge in [-0.15, -0.1) is 11.6 Å². The number of hydrogen-bond acceptors (Lipinski definition) is 1. The first-order valence-corrected chi connectivity index (χ1v) is 5.78. The summed E-state index contributed by atoms with van der Waals surface area (Å²) in [6, 6.07) is 0. The lowest BCUT2D eigenvalue weighted by molar-refractivity contribution is 0.126. The number of alkyl halides is 1. The molecule has 1 aliphatic carbocycles. The molecule has 1 rings (SSSR count). The smallest absolute Gasteiger partial charge is 0.0404 e. The summed E-state index contributed by atoms with van der Waals surface area (Å²) >= 11 is 5.52. The third-order valence-corrected chi connectivity index (χ3v) is 3.36. The molecular weight excluding hydrogens is 182 g/mol. The van der Waals surface area contributed by atoms with E-state index in [2.05, 4.69) is 18.3 Å². The van der Waals surface area contributed by atoms with Crippen LogP contribution < -0.4 is 5.32 Å². The Labute approximate surface area is 86.5 Å². The molecule has 2 heteroatoms. The molecule has 0 saturated heterocycles. The summed E-state index contributed by atoms with van der Waals surface area (Å²) in [6.07, 6.45) is 9.67. The predicted octanol–water partition coefficient (Wildman–Crippen LogP) is 2.95. The zero-order chi connectivity index (χ0) is 9.57. The van der Waals surface area contributed by atoms with Gasteiger partial charge in [-0.3, -0.25) is 0 Å². The first-order valence-electron chi connectivity index (χ1n) is 5.25. The van der Waals surface area contributed by atoms with E-state index >= 15 is 0 Å². The van der Waals surface area contributed by atoms with E-state index in [1.165, 1.54) is 32.2 Å². The number of nitrogens with one attached hydrogen (secondary N) is 1. The highest BCUT2D eigenvalue weighted by molar-refractivity contribution is 6.18. The molecule has 76 valence electrons. The highest BCUT2D eigenvalue weighted by atomic mass is 35.5. The van der Waals surface area contributed by atoms with Gasteiger partial charge in [-0.25, -0.2) is 0 Å². The van der Waals surface area contributed by atoms with Gasteiger partial charge in [-0.1, -0.05) is 25.5 Å². The topological polar surface area (TPSA) is 12.0 Å². The van der Waals surface area contributed by atoms with Crippen LogP contribution >= 0.6 is 11.6 Å². The fraction of sp³-hybridized carbons (Fsp3) is 0.818. The van der Waals surface area contributed by atoms with E-state index in [9.17, 15) is 0 Å². The maximum Gasteiger partial charge on any atom is 0.0404 e. The summed E-state index contributed by atoms with van der Waals surface area (Å²) < 4.78 is 0. The number of hydrogen-bond donors (Lipinski definition) is 1. The Morgan fingerprint density at radius 3 is 2.62 bits per heavy atom. The van der Waals surface area contributed by atoms with Crippen molar-refractivity contribution in [2.45, 2.75) is 32.6 Å². The van der Waals surface area contributed by atoms with Crippen molar-refractivity contribution in [3.05, 3.63) is 12.2 Å². The highest BCUT2D eigenvalue weighted by Crippen LogP contribution is 2.42. The standard InChI is InChI=1S/C11H20ClN/c1-2-11(6-5-7-11)10-13-9-4-3-8-12/h3-4,13H,2,5-10H2,1H3/b4-3+. The molecule has 0 aromatic rings. The summed E-state index contributed by atoms with van der Waals surface area (Å²) in [7, 11) is 0. The monoisotopic (exact) mass is 201 g/mol. The van der Waals surface area contributed by atoms with Crippen LogP contribution in [-0.2, 0) is 0 Å². The van der Waals surface area contributed by atoms with Crippen molar-refractivity contribution >= 4 is 11.6 Å². The van der Waals surface area contributed by atoms with Crippen molar-refractivity contribution in [2.24, 2.45) is 5.41 Å². The third-order valence-electron chi connectivity index (χ3n) is 3.18. The number of allylic oxidation sites excluding steroid dienone is 1. The van der Waals surface area contributed by atoms with Crippen molar-refractivity contribution in [2.75, 3.05) is 19.0 Å². The van der Waals surface area contributed by atoms with E-state index in [4.69, 9.17) is 11.6 Å². The second-order valence-electron chi connectivity index (χ2n) is 3.96. The van der Waals surface area contributed by atoms with Gasteiger partial charge >= 0.3 is 0 Å². The Morgan fingerprint density at radius 1 is 1.38 bits per heavy atom. The van der Waals surface area contributed by atoms with Gasteiger partial charge in [0.1, 0.15) is 0 Å². The Hall–Kier alpha value is -0.0100. The fourth-order valence-corrected chi connectivity index (χ4v) is 2.03. The minimum absolute atomic E-state index is 0.626. The molecule has 13 heavy (non-hydrogen) atoms. The highest BCUT2D eigenvalue weighted by Gasteiger charge is 2.34. The summed E-state index contributed by atoms with van der Waals surface area (Å²) in [6.45, 7) is 4.44. The molecule has 0 unspecified atom stereocenters. The normalized spacial score (nSPS) is 20.5. The average molecular weight is 202 g/mol. The lowest BCUT2D eigenvalue weighted by Crippen LogP contribution is -2.39. The van der Waals surface area contributed by atoms with Crippen molar-refractivity contribution < 1.29 is 0 Å². The minimum Gasteiger partial charge on any atom is -0.313 e. The molecule has 1 aliphatic rings. The minimum atomic E-state index is 0.626. The summed E-state index contributed by atoms with van der Waals surface area (Å²) in [5, 5.41) is 3.47. The summed E-state index contributed by atoms with van der Waals surface area (Å²) in [4.78, 5) is 0. The van der Waals surface area contributed by atoms with Crippen LogP contribution in [0.15, 0.2) is 12.2 Å². The molecule has 0 heterocycles. The molecule has 1 nitrogen and oxygen atoms in total. The second kappa shape index (κ2) is 5.66. The molecule has 0 spiro atoms. The summed E-state index contributed by atoms with van der Waals surface area (Å²) in [5.74, 6) is 0.626. The lowest BCUT2D eigenvalue weighted by Gasteiger charge is -2.41. The number of rotatable bonds is 6. The van der Waals surface area contributed by atoms with Gasteiger partial charge in [-0.05, 0) is 24.7 Å². The van der Waals surface area contributed by atoms with Crippen LogP contribution in [0.5, 0.6) is 0 Å². The van der Waals surface area contributed by atoms with Gasteiger partial charge in [-0.2, -0.15) is 0 Å². The van der Waals surface area contributed by atoms with Crippen LogP contribution in [0.4, 0.5) is 0 Å². The van der Waals surface area contributed by atoms with Crippen molar-refractivity contribution in [1.82, 2.24) is 5.32 Å². The van der Waals surface area contributed by atoms with Crippen LogP contribution in [0.3, 0.4) is 0 Å². The maximum absolute atomic E-state index is 5.52. The first-order chi connectivity index (χ1) is 6.33. The maximum atomic E-state index is 5.52. The molecular formula is C11H20ClN. The van der Waals surface area contributed by atoms with Crippen molar-refractivity contribution in [3.63, 3.8) is 0 Å². The Bertz CT molecular complexity index is 156.